The van der Waals surface area contributed by atoms with Crippen LogP contribution in [-0.2, 0) is 6.54 Å². The second-order valence-electron chi connectivity index (χ2n) is 5.79. The second kappa shape index (κ2) is 7.55. The molecule has 1 rings (SSSR count). The maximum Gasteiger partial charge on any atom is 0.315 e. The van der Waals surface area contributed by atoms with Crippen LogP contribution in [0.15, 0.2) is 29.2 Å². The number of urea groups is 1. The van der Waals surface area contributed by atoms with Crippen LogP contribution < -0.4 is 10.6 Å². The summed E-state index contributed by atoms with van der Waals surface area (Å²) in [7, 11) is 0. The van der Waals surface area contributed by atoms with Crippen molar-refractivity contribution < 1.29 is 9.90 Å². The van der Waals surface area contributed by atoms with Crippen LogP contribution in [0.2, 0.25) is 0 Å². The molecule has 0 aliphatic heterocycles. The minimum Gasteiger partial charge on any atom is -0.391 e. The number of carbonyl (C=O) groups is 1. The number of benzene rings is 1. The summed E-state index contributed by atoms with van der Waals surface area (Å²) in [5.41, 5.74) is 0.815. The van der Waals surface area contributed by atoms with E-state index in [0.717, 1.165) is 5.56 Å². The molecule has 0 aliphatic carbocycles. The molecule has 1 aromatic carbocycles. The number of amides is 2. The third-order valence-corrected chi connectivity index (χ3v) is 3.81. The molecular formula is C15H24N2O2S. The van der Waals surface area contributed by atoms with E-state index in [2.05, 4.69) is 10.6 Å². The normalized spacial score (nSPS) is 12.8. The van der Waals surface area contributed by atoms with Crippen LogP contribution in [0.3, 0.4) is 0 Å². The summed E-state index contributed by atoms with van der Waals surface area (Å²) < 4.78 is 0. The highest BCUT2D eigenvalue weighted by molar-refractivity contribution is 7.98. The molecule has 20 heavy (non-hydrogen) atoms. The summed E-state index contributed by atoms with van der Waals surface area (Å²) in [4.78, 5) is 12.8. The molecule has 0 bridgehead atoms. The zero-order valence-electron chi connectivity index (χ0n) is 12.6. The van der Waals surface area contributed by atoms with Gasteiger partial charge < -0.3 is 15.7 Å². The van der Waals surface area contributed by atoms with Gasteiger partial charge in [0.1, 0.15) is 0 Å². The molecule has 5 heteroatoms. The lowest BCUT2D eigenvalue weighted by molar-refractivity contribution is 0.0650. The molecule has 1 atom stereocenters. The first-order chi connectivity index (χ1) is 9.32. The van der Waals surface area contributed by atoms with Crippen molar-refractivity contribution in [1.82, 2.24) is 10.6 Å². The van der Waals surface area contributed by atoms with Crippen molar-refractivity contribution in [3.8, 4) is 0 Å². The van der Waals surface area contributed by atoms with Crippen LogP contribution in [0, 0.1) is 5.41 Å². The molecule has 0 aromatic heterocycles. The Kier molecular flexibility index (Phi) is 6.36. The Morgan fingerprint density at radius 1 is 1.25 bits per heavy atom. The van der Waals surface area contributed by atoms with Gasteiger partial charge in [-0.2, -0.15) is 0 Å². The van der Waals surface area contributed by atoms with E-state index in [0.29, 0.717) is 6.54 Å². The first kappa shape index (κ1) is 16.9. The summed E-state index contributed by atoms with van der Waals surface area (Å²) >= 11 is 1.69. The van der Waals surface area contributed by atoms with Gasteiger partial charge in [-0.15, -0.1) is 11.8 Å². The van der Waals surface area contributed by atoms with Gasteiger partial charge >= 0.3 is 6.03 Å². The van der Waals surface area contributed by atoms with Crippen molar-refractivity contribution in [2.24, 2.45) is 5.41 Å². The third kappa shape index (κ3) is 5.84. The molecule has 0 saturated carbocycles. The van der Waals surface area contributed by atoms with E-state index in [1.54, 1.807) is 11.8 Å². The highest BCUT2D eigenvalue weighted by Crippen LogP contribution is 2.18. The van der Waals surface area contributed by atoms with Gasteiger partial charge in [0.25, 0.3) is 0 Å². The van der Waals surface area contributed by atoms with Crippen LogP contribution in [0.5, 0.6) is 0 Å². The second-order valence-corrected chi connectivity index (χ2v) is 6.67. The fourth-order valence-electron chi connectivity index (χ4n) is 1.48. The fourth-order valence-corrected chi connectivity index (χ4v) is 1.89. The van der Waals surface area contributed by atoms with Crippen molar-refractivity contribution in [2.75, 3.05) is 12.8 Å². The highest BCUT2D eigenvalue weighted by Gasteiger charge is 2.22. The van der Waals surface area contributed by atoms with Crippen LogP contribution in [0.25, 0.3) is 0 Å². The van der Waals surface area contributed by atoms with E-state index < -0.39 is 6.10 Å². The van der Waals surface area contributed by atoms with E-state index >= 15 is 0 Å². The number of nitrogens with one attached hydrogen (secondary N) is 2. The van der Waals surface area contributed by atoms with E-state index in [1.165, 1.54) is 4.90 Å². The number of aliphatic hydroxyl groups is 1. The smallest absolute Gasteiger partial charge is 0.315 e. The number of thioether (sulfide) groups is 1. The van der Waals surface area contributed by atoms with E-state index in [1.807, 2.05) is 51.3 Å². The van der Waals surface area contributed by atoms with Crippen molar-refractivity contribution in [2.45, 2.75) is 38.3 Å². The highest BCUT2D eigenvalue weighted by atomic mass is 32.2. The van der Waals surface area contributed by atoms with Gasteiger partial charge in [0.2, 0.25) is 0 Å². The SMILES string of the molecule is CSc1ccc(CNC(=O)NCC(O)C(C)(C)C)cc1. The van der Waals surface area contributed by atoms with Crippen LogP contribution in [0.1, 0.15) is 26.3 Å². The molecule has 0 saturated heterocycles. The molecule has 3 N–H and O–H groups in total. The topological polar surface area (TPSA) is 61.4 Å². The molecule has 0 aliphatic rings. The molecule has 0 fully saturated rings. The lowest BCUT2D eigenvalue weighted by atomic mass is 9.89. The first-order valence-electron chi connectivity index (χ1n) is 6.65. The molecule has 2 amide bonds. The van der Waals surface area contributed by atoms with Gasteiger partial charge in [0, 0.05) is 18.0 Å². The predicted octanol–water partition coefficient (Wildman–Crippen LogP) is 2.61. The average molecular weight is 296 g/mol. The zero-order chi connectivity index (χ0) is 15.2. The van der Waals surface area contributed by atoms with Crippen LogP contribution in [-0.4, -0.2) is 30.0 Å². The van der Waals surface area contributed by atoms with Crippen LogP contribution >= 0.6 is 11.8 Å². The number of hydrogen-bond acceptors (Lipinski definition) is 3. The van der Waals surface area contributed by atoms with Gasteiger partial charge in [-0.05, 0) is 29.4 Å². The third-order valence-electron chi connectivity index (χ3n) is 3.07. The minimum absolute atomic E-state index is 0.235. The summed E-state index contributed by atoms with van der Waals surface area (Å²) in [6.07, 6.45) is 1.47. The average Bonchev–Trinajstić information content (AvgIpc) is 2.41. The fraction of sp³-hybridized carbons (Fsp3) is 0.533. The summed E-state index contributed by atoms with van der Waals surface area (Å²) in [5.74, 6) is 0. The quantitative estimate of drug-likeness (QED) is 0.732. The van der Waals surface area contributed by atoms with Gasteiger partial charge in [-0.3, -0.25) is 0 Å². The molecular weight excluding hydrogens is 272 g/mol. The van der Waals surface area contributed by atoms with Gasteiger partial charge in [-0.25, -0.2) is 4.79 Å². The zero-order valence-corrected chi connectivity index (χ0v) is 13.4. The number of aliphatic hydroxyl groups excluding tert-OH is 1. The maximum absolute atomic E-state index is 11.6. The lowest BCUT2D eigenvalue weighted by Gasteiger charge is -2.25. The molecule has 0 spiro atoms. The van der Waals surface area contributed by atoms with E-state index in [9.17, 15) is 9.90 Å². The Morgan fingerprint density at radius 2 is 1.85 bits per heavy atom. The summed E-state index contributed by atoms with van der Waals surface area (Å²) in [6, 6.07) is 7.79. The van der Waals surface area contributed by atoms with Gasteiger partial charge in [0.15, 0.2) is 0 Å². The largest absolute Gasteiger partial charge is 0.391 e. The molecule has 112 valence electrons. The molecule has 0 heterocycles. The maximum atomic E-state index is 11.6. The Labute approximate surface area is 125 Å². The Hall–Kier alpha value is -1.20. The molecule has 1 unspecified atom stereocenters. The molecule has 4 nitrogen and oxygen atoms in total. The summed E-state index contributed by atoms with van der Waals surface area (Å²) in [5, 5.41) is 15.3. The molecule has 1 aromatic rings. The van der Waals surface area contributed by atoms with E-state index in [-0.39, 0.29) is 18.0 Å². The Morgan fingerprint density at radius 3 is 2.35 bits per heavy atom. The number of carbonyl (C=O) groups excluding carboxylic acids is 1. The minimum atomic E-state index is -0.561. The number of rotatable bonds is 5. The number of hydrogen-bond donors (Lipinski definition) is 3. The van der Waals surface area contributed by atoms with Gasteiger partial charge in [0.05, 0.1) is 6.10 Å². The van der Waals surface area contributed by atoms with Crippen molar-refractivity contribution in [3.63, 3.8) is 0 Å². The predicted molar refractivity (Wildman–Crippen MR) is 83.9 cm³/mol. The first-order valence-corrected chi connectivity index (χ1v) is 7.88. The van der Waals surface area contributed by atoms with Crippen LogP contribution in [0.4, 0.5) is 4.79 Å². The van der Waals surface area contributed by atoms with Crippen molar-refractivity contribution >= 4 is 17.8 Å². The standard InChI is InChI=1S/C15H24N2O2S/c1-15(2,3)13(18)10-17-14(19)16-9-11-5-7-12(20-4)8-6-11/h5-8,13,18H,9-10H2,1-4H3,(H2,16,17,19). The van der Waals surface area contributed by atoms with E-state index in [4.69, 9.17) is 0 Å². The summed E-state index contributed by atoms with van der Waals surface area (Å²) in [6.45, 7) is 6.53. The monoisotopic (exact) mass is 296 g/mol. The Bertz CT molecular complexity index is 426. The van der Waals surface area contributed by atoms with Crippen molar-refractivity contribution in [1.29, 1.82) is 0 Å². The van der Waals surface area contributed by atoms with Gasteiger partial charge in [-0.1, -0.05) is 32.9 Å². The van der Waals surface area contributed by atoms with Crippen molar-refractivity contribution in [3.05, 3.63) is 29.8 Å². The molecule has 0 radical (unpaired) electrons. The Balaban J connectivity index is 2.32. The lowest BCUT2D eigenvalue weighted by Crippen LogP contribution is -2.43.